The molecule has 2 heterocycles. The Morgan fingerprint density at radius 2 is 2.00 bits per heavy atom. The fraction of sp³-hybridized carbons (Fsp3) is 0. The van der Waals surface area contributed by atoms with Crippen LogP contribution in [0.4, 0.5) is 5.69 Å². The molecule has 0 saturated carbocycles. The Bertz CT molecular complexity index is 473. The Balaban J connectivity index is 3.05. The third kappa shape index (κ3) is 0.871. The molecule has 0 bridgehead atoms. The third-order valence-electron chi connectivity index (χ3n) is 1.80. The molecule has 0 unspecified atom stereocenters. The van der Waals surface area contributed by atoms with Gasteiger partial charge in [-0.2, -0.15) is 0 Å². The summed E-state index contributed by atoms with van der Waals surface area (Å²) in [5, 5.41) is 0. The standard InChI is InChI=1S/C9H8N2O/c10-7-4-5-9(12)11-6-2-1-3-8(7)11/h1-6H,10H2. The molecule has 0 aliphatic rings. The van der Waals surface area contributed by atoms with E-state index in [-0.39, 0.29) is 5.56 Å². The van der Waals surface area contributed by atoms with E-state index in [1.54, 1.807) is 18.3 Å². The number of fused-ring (bicyclic) bond motifs is 1. The summed E-state index contributed by atoms with van der Waals surface area (Å²) in [6.07, 6.45) is 1.70. The number of pyridine rings is 2. The van der Waals surface area contributed by atoms with E-state index in [9.17, 15) is 4.79 Å². The van der Waals surface area contributed by atoms with Crippen molar-refractivity contribution >= 4 is 11.2 Å². The van der Waals surface area contributed by atoms with Crippen molar-refractivity contribution in [1.29, 1.82) is 0 Å². The molecule has 2 rings (SSSR count). The molecule has 0 saturated heterocycles. The summed E-state index contributed by atoms with van der Waals surface area (Å²) < 4.78 is 1.52. The van der Waals surface area contributed by atoms with Crippen molar-refractivity contribution < 1.29 is 0 Å². The summed E-state index contributed by atoms with van der Waals surface area (Å²) in [6, 6.07) is 8.55. The lowest BCUT2D eigenvalue weighted by Gasteiger charge is -2.01. The number of anilines is 1. The van der Waals surface area contributed by atoms with Crippen molar-refractivity contribution in [1.82, 2.24) is 4.40 Å². The van der Waals surface area contributed by atoms with Crippen LogP contribution in [0.15, 0.2) is 41.3 Å². The zero-order chi connectivity index (χ0) is 8.55. The van der Waals surface area contributed by atoms with Crippen LogP contribution in [0, 0.1) is 0 Å². The second-order valence-electron chi connectivity index (χ2n) is 2.58. The Morgan fingerprint density at radius 1 is 1.17 bits per heavy atom. The van der Waals surface area contributed by atoms with Crippen molar-refractivity contribution in [2.75, 3.05) is 5.73 Å². The highest BCUT2D eigenvalue weighted by Crippen LogP contribution is 2.08. The van der Waals surface area contributed by atoms with Crippen LogP contribution >= 0.6 is 0 Å². The van der Waals surface area contributed by atoms with Crippen LogP contribution in [-0.2, 0) is 0 Å². The van der Waals surface area contributed by atoms with Gasteiger partial charge in [0.1, 0.15) is 0 Å². The first-order valence-electron chi connectivity index (χ1n) is 3.65. The molecule has 0 amide bonds. The average molecular weight is 160 g/mol. The first-order valence-corrected chi connectivity index (χ1v) is 3.65. The highest BCUT2D eigenvalue weighted by Gasteiger charge is 1.96. The monoisotopic (exact) mass is 160 g/mol. The molecule has 3 heteroatoms. The van der Waals surface area contributed by atoms with Crippen molar-refractivity contribution in [3.05, 3.63) is 46.9 Å². The maximum absolute atomic E-state index is 11.2. The number of nitrogens with zero attached hydrogens (tertiary/aromatic N) is 1. The van der Waals surface area contributed by atoms with E-state index in [0.717, 1.165) is 5.52 Å². The van der Waals surface area contributed by atoms with E-state index >= 15 is 0 Å². The number of aromatic nitrogens is 1. The van der Waals surface area contributed by atoms with Gasteiger partial charge in [0.05, 0.1) is 11.2 Å². The zero-order valence-electron chi connectivity index (χ0n) is 6.40. The molecule has 0 aliphatic carbocycles. The quantitative estimate of drug-likeness (QED) is 0.622. The second kappa shape index (κ2) is 2.37. The molecule has 3 nitrogen and oxygen atoms in total. The average Bonchev–Trinajstić information content (AvgIpc) is 2.12. The maximum atomic E-state index is 11.2. The van der Waals surface area contributed by atoms with Crippen LogP contribution in [0.1, 0.15) is 0 Å². The van der Waals surface area contributed by atoms with Crippen molar-refractivity contribution in [3.63, 3.8) is 0 Å². The van der Waals surface area contributed by atoms with Crippen LogP contribution in [0.5, 0.6) is 0 Å². The molecule has 0 aliphatic heterocycles. The summed E-state index contributed by atoms with van der Waals surface area (Å²) in [5.74, 6) is 0. The molecule has 2 N–H and O–H groups in total. The van der Waals surface area contributed by atoms with Crippen LogP contribution in [-0.4, -0.2) is 4.40 Å². The van der Waals surface area contributed by atoms with Gasteiger partial charge in [0.25, 0.3) is 5.56 Å². The first-order chi connectivity index (χ1) is 5.79. The van der Waals surface area contributed by atoms with Crippen molar-refractivity contribution in [3.8, 4) is 0 Å². The highest BCUT2D eigenvalue weighted by molar-refractivity contribution is 5.68. The number of nitrogens with two attached hydrogens (primary N) is 1. The molecule has 12 heavy (non-hydrogen) atoms. The number of rotatable bonds is 0. The Hall–Kier alpha value is -1.77. The van der Waals surface area contributed by atoms with E-state index in [0.29, 0.717) is 5.69 Å². The van der Waals surface area contributed by atoms with Crippen LogP contribution in [0.2, 0.25) is 0 Å². The van der Waals surface area contributed by atoms with Crippen molar-refractivity contribution in [2.24, 2.45) is 0 Å². The fourth-order valence-corrected chi connectivity index (χ4v) is 1.20. The number of hydrogen-bond acceptors (Lipinski definition) is 2. The Labute approximate surface area is 69.1 Å². The normalized spacial score (nSPS) is 10.3. The van der Waals surface area contributed by atoms with E-state index in [4.69, 9.17) is 5.73 Å². The van der Waals surface area contributed by atoms with Crippen LogP contribution in [0.3, 0.4) is 0 Å². The highest BCUT2D eigenvalue weighted by atomic mass is 16.1. The van der Waals surface area contributed by atoms with Gasteiger partial charge in [0.15, 0.2) is 0 Å². The first kappa shape index (κ1) is 6.91. The van der Waals surface area contributed by atoms with E-state index in [1.807, 2.05) is 12.1 Å². The number of hydrogen-bond donors (Lipinski definition) is 1. The molecule has 0 spiro atoms. The summed E-state index contributed by atoms with van der Waals surface area (Å²) in [5.41, 5.74) is 6.98. The van der Waals surface area contributed by atoms with Gasteiger partial charge in [-0.3, -0.25) is 9.20 Å². The summed E-state index contributed by atoms with van der Waals surface area (Å²) in [6.45, 7) is 0. The predicted molar refractivity (Wildman–Crippen MR) is 48.1 cm³/mol. The van der Waals surface area contributed by atoms with Gasteiger partial charge in [0.2, 0.25) is 0 Å². The summed E-state index contributed by atoms with van der Waals surface area (Å²) >= 11 is 0. The van der Waals surface area contributed by atoms with Crippen molar-refractivity contribution in [2.45, 2.75) is 0 Å². The lowest BCUT2D eigenvalue weighted by molar-refractivity contribution is 1.10. The smallest absolute Gasteiger partial charge is 0.255 e. The topological polar surface area (TPSA) is 47.5 Å². The van der Waals surface area contributed by atoms with Gasteiger partial charge in [0, 0.05) is 12.3 Å². The maximum Gasteiger partial charge on any atom is 0.255 e. The summed E-state index contributed by atoms with van der Waals surface area (Å²) in [4.78, 5) is 11.2. The molecule has 60 valence electrons. The molecule has 0 atom stereocenters. The zero-order valence-corrected chi connectivity index (χ0v) is 6.40. The lowest BCUT2D eigenvalue weighted by atomic mass is 10.3. The number of nitrogen functional groups attached to an aromatic ring is 1. The molecule has 0 aromatic carbocycles. The SMILES string of the molecule is Nc1ccc(=O)n2ccccc12. The predicted octanol–water partition coefficient (Wildman–Crippen LogP) is 0.882. The minimum absolute atomic E-state index is 0.0557. The van der Waals surface area contributed by atoms with Gasteiger partial charge in [-0.15, -0.1) is 0 Å². The van der Waals surface area contributed by atoms with Crippen LogP contribution in [0.25, 0.3) is 5.52 Å². The molecule has 0 radical (unpaired) electrons. The van der Waals surface area contributed by atoms with Gasteiger partial charge in [-0.05, 0) is 18.2 Å². The molecular formula is C9H8N2O. The largest absolute Gasteiger partial charge is 0.397 e. The third-order valence-corrected chi connectivity index (χ3v) is 1.80. The Morgan fingerprint density at radius 3 is 2.75 bits per heavy atom. The van der Waals surface area contributed by atoms with E-state index in [1.165, 1.54) is 10.5 Å². The Kier molecular flexibility index (Phi) is 1.37. The van der Waals surface area contributed by atoms with Gasteiger partial charge in [-0.25, -0.2) is 0 Å². The van der Waals surface area contributed by atoms with Crippen LogP contribution < -0.4 is 11.3 Å². The second-order valence-corrected chi connectivity index (χ2v) is 2.58. The minimum Gasteiger partial charge on any atom is -0.397 e. The molecule has 2 aromatic heterocycles. The molecule has 0 fully saturated rings. The molecule has 2 aromatic rings. The minimum atomic E-state index is -0.0557. The van der Waals surface area contributed by atoms with Gasteiger partial charge < -0.3 is 5.73 Å². The molecular weight excluding hydrogens is 152 g/mol. The van der Waals surface area contributed by atoms with E-state index in [2.05, 4.69) is 0 Å². The van der Waals surface area contributed by atoms with Gasteiger partial charge >= 0.3 is 0 Å². The lowest BCUT2D eigenvalue weighted by Crippen LogP contribution is -2.12. The fourth-order valence-electron chi connectivity index (χ4n) is 1.20. The summed E-state index contributed by atoms with van der Waals surface area (Å²) in [7, 11) is 0. The van der Waals surface area contributed by atoms with E-state index < -0.39 is 0 Å². The van der Waals surface area contributed by atoms with Gasteiger partial charge in [-0.1, -0.05) is 6.07 Å².